The van der Waals surface area contributed by atoms with Crippen molar-refractivity contribution < 1.29 is 4.79 Å². The molecule has 0 aliphatic carbocycles. The number of aromatic amines is 1. The zero-order chi connectivity index (χ0) is 8.27. The summed E-state index contributed by atoms with van der Waals surface area (Å²) in [5.41, 5.74) is 6.51. The zero-order valence-electron chi connectivity index (χ0n) is 6.22. The fourth-order valence-electron chi connectivity index (χ4n) is 0.787. The molecule has 0 saturated heterocycles. The molecule has 0 aliphatic rings. The van der Waals surface area contributed by atoms with Gasteiger partial charge in [-0.3, -0.25) is 9.89 Å². The van der Waals surface area contributed by atoms with Crippen LogP contribution < -0.4 is 11.1 Å². The second-order valence-corrected chi connectivity index (χ2v) is 2.05. The van der Waals surface area contributed by atoms with Crippen molar-refractivity contribution in [1.29, 1.82) is 0 Å². The van der Waals surface area contributed by atoms with Gasteiger partial charge >= 0.3 is 0 Å². The maximum atomic E-state index is 11.0. The highest BCUT2D eigenvalue weighted by Crippen LogP contribution is 2.01. The molecule has 0 fully saturated rings. The summed E-state index contributed by atoms with van der Waals surface area (Å²) in [6.07, 6.45) is 1.55. The molecule has 1 rings (SSSR count). The standard InChI is InChI=1S/C6H10N4O/c1-8-6(11)5-4(2-7)3-9-10-5/h3H,2,7H2,1H3,(H,8,11)(H,9,10). The van der Waals surface area contributed by atoms with Crippen molar-refractivity contribution in [2.45, 2.75) is 6.54 Å². The maximum Gasteiger partial charge on any atom is 0.269 e. The van der Waals surface area contributed by atoms with Gasteiger partial charge in [-0.05, 0) is 0 Å². The third-order valence-electron chi connectivity index (χ3n) is 1.39. The molecule has 1 amide bonds. The van der Waals surface area contributed by atoms with Crippen LogP contribution in [0.25, 0.3) is 0 Å². The average molecular weight is 154 g/mol. The highest BCUT2D eigenvalue weighted by molar-refractivity contribution is 5.93. The molecule has 0 atom stereocenters. The van der Waals surface area contributed by atoms with E-state index >= 15 is 0 Å². The Labute approximate surface area is 64.0 Å². The number of aromatic nitrogens is 2. The van der Waals surface area contributed by atoms with E-state index in [1.807, 2.05) is 0 Å². The monoisotopic (exact) mass is 154 g/mol. The van der Waals surface area contributed by atoms with Crippen LogP contribution in [0.2, 0.25) is 0 Å². The Balaban J connectivity index is 2.92. The average Bonchev–Trinajstić information content (AvgIpc) is 2.50. The van der Waals surface area contributed by atoms with Gasteiger partial charge in [0.15, 0.2) is 0 Å². The van der Waals surface area contributed by atoms with E-state index in [1.54, 1.807) is 13.2 Å². The fourth-order valence-corrected chi connectivity index (χ4v) is 0.787. The smallest absolute Gasteiger partial charge is 0.269 e. The Morgan fingerprint density at radius 3 is 3.18 bits per heavy atom. The summed E-state index contributed by atoms with van der Waals surface area (Å²) in [6, 6.07) is 0. The van der Waals surface area contributed by atoms with Crippen LogP contribution in [0, 0.1) is 0 Å². The van der Waals surface area contributed by atoms with Crippen molar-refractivity contribution in [3.8, 4) is 0 Å². The summed E-state index contributed by atoms with van der Waals surface area (Å²) in [4.78, 5) is 11.0. The summed E-state index contributed by atoms with van der Waals surface area (Å²) < 4.78 is 0. The zero-order valence-corrected chi connectivity index (χ0v) is 6.22. The normalized spacial score (nSPS) is 9.64. The molecule has 0 unspecified atom stereocenters. The van der Waals surface area contributed by atoms with Crippen molar-refractivity contribution in [3.05, 3.63) is 17.5 Å². The molecule has 0 aliphatic heterocycles. The van der Waals surface area contributed by atoms with E-state index in [4.69, 9.17) is 5.73 Å². The fraction of sp³-hybridized carbons (Fsp3) is 0.333. The largest absolute Gasteiger partial charge is 0.354 e. The molecule has 11 heavy (non-hydrogen) atoms. The molecular formula is C6H10N4O. The number of nitrogens with one attached hydrogen (secondary N) is 2. The predicted octanol–water partition coefficient (Wildman–Crippen LogP) is -0.772. The number of rotatable bonds is 2. The van der Waals surface area contributed by atoms with Crippen molar-refractivity contribution in [3.63, 3.8) is 0 Å². The van der Waals surface area contributed by atoms with Gasteiger partial charge in [-0.25, -0.2) is 0 Å². The number of carbonyl (C=O) groups is 1. The summed E-state index contributed by atoms with van der Waals surface area (Å²) >= 11 is 0. The molecule has 1 heterocycles. The lowest BCUT2D eigenvalue weighted by Crippen LogP contribution is -2.20. The molecule has 1 aromatic heterocycles. The molecule has 0 bridgehead atoms. The van der Waals surface area contributed by atoms with Crippen LogP contribution in [-0.2, 0) is 6.54 Å². The van der Waals surface area contributed by atoms with Crippen LogP contribution in [0.5, 0.6) is 0 Å². The first-order valence-electron chi connectivity index (χ1n) is 3.24. The minimum Gasteiger partial charge on any atom is -0.354 e. The van der Waals surface area contributed by atoms with E-state index in [0.717, 1.165) is 5.56 Å². The Hall–Kier alpha value is -1.36. The van der Waals surface area contributed by atoms with E-state index in [0.29, 0.717) is 12.2 Å². The number of nitrogens with two attached hydrogens (primary N) is 1. The molecule has 60 valence electrons. The first-order chi connectivity index (χ1) is 5.29. The van der Waals surface area contributed by atoms with Gasteiger partial charge in [0.1, 0.15) is 5.69 Å². The number of nitrogens with zero attached hydrogens (tertiary/aromatic N) is 1. The van der Waals surface area contributed by atoms with Crippen molar-refractivity contribution in [1.82, 2.24) is 15.5 Å². The van der Waals surface area contributed by atoms with Crippen LogP contribution in [0.1, 0.15) is 16.1 Å². The SMILES string of the molecule is CNC(=O)c1[nH]ncc1CN. The third kappa shape index (κ3) is 1.38. The topological polar surface area (TPSA) is 83.8 Å². The van der Waals surface area contributed by atoms with Crippen LogP contribution in [-0.4, -0.2) is 23.2 Å². The number of hydrogen-bond acceptors (Lipinski definition) is 3. The van der Waals surface area contributed by atoms with E-state index in [9.17, 15) is 4.79 Å². The van der Waals surface area contributed by atoms with Gasteiger partial charge < -0.3 is 11.1 Å². The predicted molar refractivity (Wildman–Crippen MR) is 39.9 cm³/mol. The first-order valence-corrected chi connectivity index (χ1v) is 3.24. The number of amides is 1. The van der Waals surface area contributed by atoms with E-state index < -0.39 is 0 Å². The Morgan fingerprint density at radius 1 is 1.91 bits per heavy atom. The Morgan fingerprint density at radius 2 is 2.64 bits per heavy atom. The van der Waals surface area contributed by atoms with Crippen LogP contribution in [0.15, 0.2) is 6.20 Å². The van der Waals surface area contributed by atoms with E-state index in [-0.39, 0.29) is 5.91 Å². The molecule has 5 nitrogen and oxygen atoms in total. The number of carbonyl (C=O) groups excluding carboxylic acids is 1. The summed E-state index contributed by atoms with van der Waals surface area (Å²) in [5.74, 6) is -0.192. The van der Waals surface area contributed by atoms with Crippen molar-refractivity contribution in [2.24, 2.45) is 5.73 Å². The maximum absolute atomic E-state index is 11.0. The van der Waals surface area contributed by atoms with Gasteiger partial charge in [-0.1, -0.05) is 0 Å². The lowest BCUT2D eigenvalue weighted by Gasteiger charge is -1.96. The highest BCUT2D eigenvalue weighted by Gasteiger charge is 2.09. The Bertz CT molecular complexity index is 255. The number of hydrogen-bond donors (Lipinski definition) is 3. The second-order valence-electron chi connectivity index (χ2n) is 2.05. The lowest BCUT2D eigenvalue weighted by molar-refractivity contribution is 0.0957. The molecule has 4 N–H and O–H groups in total. The summed E-state index contributed by atoms with van der Waals surface area (Å²) in [6.45, 7) is 0.319. The van der Waals surface area contributed by atoms with Gasteiger partial charge in [-0.15, -0.1) is 0 Å². The summed E-state index contributed by atoms with van der Waals surface area (Å²) in [7, 11) is 1.56. The Kier molecular flexibility index (Phi) is 2.22. The molecule has 0 aromatic carbocycles. The van der Waals surface area contributed by atoms with Gasteiger partial charge in [0.2, 0.25) is 0 Å². The van der Waals surface area contributed by atoms with Crippen LogP contribution >= 0.6 is 0 Å². The third-order valence-corrected chi connectivity index (χ3v) is 1.39. The van der Waals surface area contributed by atoms with E-state index in [2.05, 4.69) is 15.5 Å². The molecular weight excluding hydrogens is 144 g/mol. The minimum absolute atomic E-state index is 0.192. The quantitative estimate of drug-likeness (QED) is 0.523. The van der Waals surface area contributed by atoms with Crippen molar-refractivity contribution >= 4 is 5.91 Å². The van der Waals surface area contributed by atoms with Gasteiger partial charge in [-0.2, -0.15) is 5.10 Å². The molecule has 0 spiro atoms. The molecule has 0 saturated carbocycles. The van der Waals surface area contributed by atoms with Crippen LogP contribution in [0.3, 0.4) is 0 Å². The summed E-state index contributed by atoms with van der Waals surface area (Å²) in [5, 5.41) is 8.74. The molecule has 0 radical (unpaired) electrons. The molecule has 5 heteroatoms. The van der Waals surface area contributed by atoms with E-state index in [1.165, 1.54) is 0 Å². The van der Waals surface area contributed by atoms with Crippen molar-refractivity contribution in [2.75, 3.05) is 7.05 Å². The van der Waals surface area contributed by atoms with Crippen LogP contribution in [0.4, 0.5) is 0 Å². The van der Waals surface area contributed by atoms with Gasteiger partial charge in [0.25, 0.3) is 5.91 Å². The minimum atomic E-state index is -0.192. The first kappa shape index (κ1) is 7.74. The second kappa shape index (κ2) is 3.16. The van der Waals surface area contributed by atoms with Gasteiger partial charge in [0, 0.05) is 19.2 Å². The van der Waals surface area contributed by atoms with Gasteiger partial charge in [0.05, 0.1) is 6.20 Å². The highest BCUT2D eigenvalue weighted by atomic mass is 16.1. The molecule has 1 aromatic rings. The number of H-pyrrole nitrogens is 1. The lowest BCUT2D eigenvalue weighted by atomic mass is 10.2.